The third-order valence-electron chi connectivity index (χ3n) is 16.8. The molecule has 14 atom stereocenters. The Labute approximate surface area is 352 Å². The molecule has 1 aromatic carbocycles. The fourth-order valence-corrected chi connectivity index (χ4v) is 14.4. The Morgan fingerprint density at radius 3 is 2.40 bits per heavy atom. The zero-order valence-electron chi connectivity index (χ0n) is 35.2. The summed E-state index contributed by atoms with van der Waals surface area (Å²) >= 11 is 0. The van der Waals surface area contributed by atoms with Crippen molar-refractivity contribution in [1.29, 1.82) is 0 Å². The lowest BCUT2D eigenvalue weighted by atomic mass is 9.34. The van der Waals surface area contributed by atoms with Crippen molar-refractivity contribution in [2.75, 3.05) is 0 Å². The van der Waals surface area contributed by atoms with Gasteiger partial charge in [0, 0.05) is 76.7 Å². The van der Waals surface area contributed by atoms with Crippen LogP contribution in [-0.4, -0.2) is 78.5 Å². The molecule has 7 aliphatic rings. The molecule has 0 radical (unpaired) electrons. The lowest BCUT2D eigenvalue weighted by Gasteiger charge is -2.69. The number of guanidine groups is 1. The van der Waals surface area contributed by atoms with Gasteiger partial charge in [-0.05, 0) is 66.7 Å². The zero-order valence-corrected chi connectivity index (χ0v) is 35.2. The van der Waals surface area contributed by atoms with Crippen LogP contribution >= 0.6 is 0 Å². The number of aliphatic imine (C=N–C) groups is 1. The number of aliphatic carboxylic acids is 1. The number of ketones is 2. The normalized spacial score (nSPS) is 43.7. The van der Waals surface area contributed by atoms with Gasteiger partial charge in [0.15, 0.2) is 11.7 Å². The molecule has 60 heavy (non-hydrogen) atoms. The topological polar surface area (TPSA) is 217 Å². The van der Waals surface area contributed by atoms with Crippen molar-refractivity contribution in [2.24, 2.45) is 67.2 Å². The van der Waals surface area contributed by atoms with Gasteiger partial charge in [-0.15, -0.1) is 11.8 Å². The molecule has 4 bridgehead atoms. The van der Waals surface area contributed by atoms with Crippen molar-refractivity contribution >= 4 is 29.6 Å². The van der Waals surface area contributed by atoms with Gasteiger partial charge < -0.3 is 37.0 Å². The summed E-state index contributed by atoms with van der Waals surface area (Å²) in [7, 11) is 0. The van der Waals surface area contributed by atoms with E-state index in [-0.39, 0.29) is 55.2 Å². The first-order chi connectivity index (χ1) is 28.2. The second kappa shape index (κ2) is 14.0. The molecule has 0 saturated heterocycles. The van der Waals surface area contributed by atoms with Crippen LogP contribution in [0, 0.1) is 62.6 Å². The summed E-state index contributed by atoms with van der Waals surface area (Å²) in [5.74, 6) is 2.57. The predicted molar refractivity (Wildman–Crippen MR) is 227 cm³/mol. The Bertz CT molecular complexity index is 2280. The van der Waals surface area contributed by atoms with E-state index in [1.54, 1.807) is 18.2 Å². The summed E-state index contributed by atoms with van der Waals surface area (Å²) in [6.45, 7) is 9.49. The first kappa shape index (κ1) is 42.1. The summed E-state index contributed by atoms with van der Waals surface area (Å²) in [6, 6.07) is 8.97. The third kappa shape index (κ3) is 5.49. The van der Waals surface area contributed by atoms with Gasteiger partial charge in [-0.25, -0.2) is 9.79 Å². The van der Waals surface area contributed by atoms with E-state index in [9.17, 15) is 35.1 Å². The molecular weight excluding hydrogens is 759 g/mol. The van der Waals surface area contributed by atoms with E-state index in [2.05, 4.69) is 23.8 Å². The fraction of sp³-hybridized carbons (Fsp3) is 0.551. The molecule has 2 fully saturated rings. The number of aliphatic hydroxyl groups excluding tert-OH is 2. The van der Waals surface area contributed by atoms with Crippen LogP contribution < -0.4 is 11.5 Å². The molecule has 14 unspecified atom stereocenters. The molecule has 11 heteroatoms. The van der Waals surface area contributed by atoms with E-state index in [4.69, 9.17) is 11.5 Å². The lowest BCUT2D eigenvalue weighted by molar-refractivity contribution is -0.169. The minimum absolute atomic E-state index is 0.00564. The largest absolute Gasteiger partial charge is 0.478 e. The number of aliphatic hydroxyl groups is 4. The number of carbonyl (C=O) groups excluding carboxylic acids is 2. The number of hydrogen-bond donors (Lipinski definition) is 7. The molecule has 11 nitrogen and oxygen atoms in total. The Kier molecular flexibility index (Phi) is 9.80. The highest BCUT2D eigenvalue weighted by molar-refractivity contribution is 6.02. The van der Waals surface area contributed by atoms with Crippen LogP contribution in [0.4, 0.5) is 0 Å². The summed E-state index contributed by atoms with van der Waals surface area (Å²) < 4.78 is 0. The van der Waals surface area contributed by atoms with Crippen LogP contribution in [0.2, 0.25) is 0 Å². The highest BCUT2D eigenvalue weighted by Gasteiger charge is 2.83. The molecule has 0 aromatic heterocycles. The summed E-state index contributed by atoms with van der Waals surface area (Å²) in [6.07, 6.45) is 11.5. The monoisotopic (exact) mass is 817 g/mol. The maximum atomic E-state index is 15.6. The average molecular weight is 818 g/mol. The molecule has 9 N–H and O–H groups in total. The molecule has 2 spiro atoms. The highest BCUT2D eigenvalue weighted by Crippen LogP contribution is 2.83. The molecule has 0 heterocycles. The Morgan fingerprint density at radius 2 is 1.73 bits per heavy atom. The predicted octanol–water partition coefficient (Wildman–Crippen LogP) is 4.80. The summed E-state index contributed by atoms with van der Waals surface area (Å²) in [4.78, 5) is 46.8. The number of carboxylic acid groups (broad SMARTS) is 1. The molecule has 2 saturated carbocycles. The van der Waals surface area contributed by atoms with Crippen LogP contribution in [0.5, 0.6) is 0 Å². The zero-order chi connectivity index (χ0) is 43.4. The van der Waals surface area contributed by atoms with Gasteiger partial charge in [-0.3, -0.25) is 9.59 Å². The van der Waals surface area contributed by atoms with Crippen molar-refractivity contribution in [1.82, 2.24) is 0 Å². The average Bonchev–Trinajstić information content (AvgIpc) is 3.32. The molecule has 0 aliphatic heterocycles. The molecular formula is C49H59N3O8. The maximum absolute atomic E-state index is 15.6. The number of fused-ring (bicyclic) bond motifs is 2. The quantitative estimate of drug-likeness (QED) is 0.0626. The minimum Gasteiger partial charge on any atom is -0.478 e. The first-order valence-corrected chi connectivity index (χ1v) is 21.4. The molecule has 318 valence electrons. The molecule has 0 amide bonds. The lowest BCUT2D eigenvalue weighted by Crippen LogP contribution is -2.71. The van der Waals surface area contributed by atoms with Crippen molar-refractivity contribution in [3.05, 3.63) is 89.1 Å². The smallest absolute Gasteiger partial charge is 0.331 e. The molecule has 7 aliphatic carbocycles. The number of benzene rings is 1. The van der Waals surface area contributed by atoms with Gasteiger partial charge in [0.2, 0.25) is 0 Å². The standard InChI is InChI=1S/C49H59N3O8/c1-28(53)24-31(41(57)58)25-34(54)37-29(2)46(21-16-33(37)52-42(50)51)27-47(59)22-23-48(60)32(15-14-30-12-8-6-9-13-30)39-43(3)18-10-7-11-19-49(47)40(48)38(35(55)26-45(46,49)5)44(39,4)20-17-36(43)56/h6,8-9,12-16,21-23,25,28-29,32-34,37,39,53-54,59-60H,11,17-20,24,26-27H2,1-5H3,(H,57,58)(H4,50,51,52). The molecule has 1 aromatic rings. The van der Waals surface area contributed by atoms with Crippen molar-refractivity contribution in [3.63, 3.8) is 0 Å². The second-order valence-corrected chi connectivity index (χ2v) is 19.8. The van der Waals surface area contributed by atoms with Crippen molar-refractivity contribution in [2.45, 2.75) is 115 Å². The number of allylic oxidation sites excluding steroid dienone is 2. The van der Waals surface area contributed by atoms with Gasteiger partial charge in [0.25, 0.3) is 0 Å². The van der Waals surface area contributed by atoms with Gasteiger partial charge in [0.05, 0.1) is 23.9 Å². The van der Waals surface area contributed by atoms with E-state index in [1.807, 2.05) is 69.3 Å². The van der Waals surface area contributed by atoms with Crippen LogP contribution in [0.3, 0.4) is 0 Å². The highest BCUT2D eigenvalue weighted by atomic mass is 16.4. The Morgan fingerprint density at radius 1 is 1.02 bits per heavy atom. The number of hydrogen-bond acceptors (Lipinski definition) is 8. The van der Waals surface area contributed by atoms with Crippen molar-refractivity contribution in [3.8, 4) is 11.8 Å². The minimum atomic E-state index is -1.79. The van der Waals surface area contributed by atoms with Crippen LogP contribution in [0.15, 0.2) is 88.5 Å². The Hall–Kier alpha value is -4.60. The van der Waals surface area contributed by atoms with Crippen molar-refractivity contribution < 1.29 is 39.9 Å². The number of carboxylic acids is 1. The van der Waals surface area contributed by atoms with E-state index in [0.717, 1.165) is 5.56 Å². The summed E-state index contributed by atoms with van der Waals surface area (Å²) in [5.41, 5.74) is 5.01. The van der Waals surface area contributed by atoms with Gasteiger partial charge >= 0.3 is 5.97 Å². The van der Waals surface area contributed by atoms with Crippen LogP contribution in [-0.2, 0) is 14.4 Å². The second-order valence-electron chi connectivity index (χ2n) is 19.8. The van der Waals surface area contributed by atoms with Crippen LogP contribution in [0.1, 0.15) is 91.5 Å². The SMILES string of the molecule is CC(O)CC(=CC(O)C1C(N=C(N)N)C=CC2(CC3(O)C=CC4(O)C5=C6C(=O)CC2(C)C53CCC#CCC2(C)C(=O)CCC6(C)C2C4C=Cc2ccccc2)C1C)C(=O)O. The van der Waals surface area contributed by atoms with E-state index < -0.39 is 86.2 Å². The van der Waals surface area contributed by atoms with E-state index in [1.165, 1.54) is 13.0 Å². The van der Waals surface area contributed by atoms with Gasteiger partial charge in [-0.1, -0.05) is 88.4 Å². The van der Waals surface area contributed by atoms with E-state index >= 15 is 4.79 Å². The number of nitrogens with zero attached hydrogens (tertiary/aromatic N) is 1. The van der Waals surface area contributed by atoms with E-state index in [0.29, 0.717) is 30.4 Å². The fourth-order valence-electron chi connectivity index (χ4n) is 14.4. The Balaban J connectivity index is 1.41. The maximum Gasteiger partial charge on any atom is 0.331 e. The van der Waals surface area contributed by atoms with Crippen LogP contribution in [0.25, 0.3) is 6.08 Å². The molecule has 8 rings (SSSR count). The number of rotatable bonds is 8. The third-order valence-corrected chi connectivity index (χ3v) is 16.8. The number of carbonyl (C=O) groups is 3. The summed E-state index contributed by atoms with van der Waals surface area (Å²) in [5, 5.41) is 60.0. The number of nitrogens with two attached hydrogens (primary N) is 2. The number of Topliss-reactive ketones (excluding diaryl/α,β-unsaturated/α-hetero) is 2. The van der Waals surface area contributed by atoms with Gasteiger partial charge in [-0.2, -0.15) is 0 Å². The first-order valence-electron chi connectivity index (χ1n) is 21.4. The van der Waals surface area contributed by atoms with Gasteiger partial charge in [0.1, 0.15) is 11.4 Å².